The van der Waals surface area contributed by atoms with E-state index in [0.29, 0.717) is 0 Å². The molecule has 1 heterocycles. The molecule has 4 heteroatoms. The zero-order valence-corrected chi connectivity index (χ0v) is 14.2. The summed E-state index contributed by atoms with van der Waals surface area (Å²) in [5.74, 6) is 3.44. The number of piperazine rings is 1. The van der Waals surface area contributed by atoms with E-state index in [0.717, 1.165) is 49.7 Å². The smallest absolute Gasteiger partial charge is 0.260 e. The van der Waals surface area contributed by atoms with Crippen LogP contribution >= 0.6 is 0 Å². The first-order valence-corrected chi connectivity index (χ1v) is 9.25. The summed E-state index contributed by atoms with van der Waals surface area (Å²) in [6.07, 6.45) is 7.64. The minimum atomic E-state index is 0.112. The highest BCUT2D eigenvalue weighted by atomic mass is 16.5. The van der Waals surface area contributed by atoms with Gasteiger partial charge in [0.2, 0.25) is 0 Å². The fraction of sp³-hybridized carbons (Fsp3) is 0.550. The summed E-state index contributed by atoms with van der Waals surface area (Å²) in [7, 11) is 0. The first-order chi connectivity index (χ1) is 11.8. The van der Waals surface area contributed by atoms with Crippen molar-refractivity contribution in [3.05, 3.63) is 42.5 Å². The average Bonchev–Trinajstić information content (AvgIpc) is 3.24. The Morgan fingerprint density at radius 3 is 2.58 bits per heavy atom. The molecular formula is C20H27N2O2+. The molecule has 1 saturated heterocycles. The quantitative estimate of drug-likeness (QED) is 0.819. The number of carbonyl (C=O) groups is 1. The SMILES string of the molecule is O=C(COc1ccccc1)N1CC[NH+](CC2CC3C=CC2C3)CC1. The third-order valence-corrected chi connectivity index (χ3v) is 5.90. The summed E-state index contributed by atoms with van der Waals surface area (Å²) in [6, 6.07) is 9.57. The molecule has 0 radical (unpaired) electrons. The van der Waals surface area contributed by atoms with Gasteiger partial charge in [0, 0.05) is 5.92 Å². The van der Waals surface area contributed by atoms with Crippen molar-refractivity contribution in [2.24, 2.45) is 17.8 Å². The molecule has 1 saturated carbocycles. The molecule has 1 aliphatic heterocycles. The van der Waals surface area contributed by atoms with E-state index in [1.54, 1.807) is 4.90 Å². The number of hydrogen-bond donors (Lipinski definition) is 1. The summed E-state index contributed by atoms with van der Waals surface area (Å²) >= 11 is 0. The minimum Gasteiger partial charge on any atom is -0.484 e. The number of nitrogens with one attached hydrogen (secondary N) is 1. The Balaban J connectivity index is 1.20. The fourth-order valence-corrected chi connectivity index (χ4v) is 4.53. The number of ether oxygens (including phenoxy) is 1. The lowest BCUT2D eigenvalue weighted by atomic mass is 9.93. The van der Waals surface area contributed by atoms with E-state index in [9.17, 15) is 4.79 Å². The van der Waals surface area contributed by atoms with Gasteiger partial charge in [-0.3, -0.25) is 4.79 Å². The van der Waals surface area contributed by atoms with Crippen LogP contribution in [0, 0.1) is 17.8 Å². The molecule has 2 bridgehead atoms. The lowest BCUT2D eigenvalue weighted by molar-refractivity contribution is -0.907. The molecule has 1 N–H and O–H groups in total. The molecule has 3 unspecified atom stereocenters. The lowest BCUT2D eigenvalue weighted by Gasteiger charge is -2.34. The van der Waals surface area contributed by atoms with E-state index in [-0.39, 0.29) is 12.5 Å². The van der Waals surface area contributed by atoms with Crippen molar-refractivity contribution in [2.75, 3.05) is 39.3 Å². The molecule has 4 rings (SSSR count). The van der Waals surface area contributed by atoms with Crippen molar-refractivity contribution in [3.63, 3.8) is 0 Å². The van der Waals surface area contributed by atoms with E-state index in [4.69, 9.17) is 4.74 Å². The number of benzene rings is 1. The second-order valence-electron chi connectivity index (χ2n) is 7.48. The first kappa shape index (κ1) is 15.7. The Kier molecular flexibility index (Phi) is 4.56. The number of allylic oxidation sites excluding steroid dienone is 2. The van der Waals surface area contributed by atoms with Crippen LogP contribution < -0.4 is 9.64 Å². The van der Waals surface area contributed by atoms with E-state index in [1.807, 2.05) is 35.2 Å². The predicted octanol–water partition coefficient (Wildman–Crippen LogP) is 1.00. The molecule has 1 aromatic carbocycles. The number of para-hydroxylation sites is 1. The number of hydrogen-bond acceptors (Lipinski definition) is 2. The fourth-order valence-electron chi connectivity index (χ4n) is 4.53. The third kappa shape index (κ3) is 3.48. The number of quaternary nitrogens is 1. The summed E-state index contributed by atoms with van der Waals surface area (Å²) in [6.45, 7) is 5.32. The highest BCUT2D eigenvalue weighted by molar-refractivity contribution is 5.77. The van der Waals surface area contributed by atoms with Crippen LogP contribution in [0.1, 0.15) is 12.8 Å². The van der Waals surface area contributed by atoms with Gasteiger partial charge in [0.05, 0.1) is 32.7 Å². The van der Waals surface area contributed by atoms with Crippen molar-refractivity contribution < 1.29 is 14.4 Å². The Hall–Kier alpha value is -1.81. The van der Waals surface area contributed by atoms with Crippen LogP contribution in [-0.2, 0) is 4.79 Å². The van der Waals surface area contributed by atoms with Crippen molar-refractivity contribution in [2.45, 2.75) is 12.8 Å². The van der Waals surface area contributed by atoms with Crippen molar-refractivity contribution in [1.29, 1.82) is 0 Å². The maximum absolute atomic E-state index is 12.3. The van der Waals surface area contributed by atoms with E-state index in [2.05, 4.69) is 12.2 Å². The second-order valence-corrected chi connectivity index (χ2v) is 7.48. The largest absolute Gasteiger partial charge is 0.484 e. The van der Waals surface area contributed by atoms with Crippen LogP contribution in [0.5, 0.6) is 5.75 Å². The van der Waals surface area contributed by atoms with Gasteiger partial charge >= 0.3 is 0 Å². The summed E-state index contributed by atoms with van der Waals surface area (Å²) in [5, 5.41) is 0. The van der Waals surface area contributed by atoms with Crippen LogP contribution in [0.4, 0.5) is 0 Å². The number of rotatable bonds is 5. The number of fused-ring (bicyclic) bond motifs is 2. The molecule has 24 heavy (non-hydrogen) atoms. The van der Waals surface area contributed by atoms with Gasteiger partial charge in [0.25, 0.3) is 5.91 Å². The molecule has 128 valence electrons. The summed E-state index contributed by atoms with van der Waals surface area (Å²) < 4.78 is 5.58. The third-order valence-electron chi connectivity index (χ3n) is 5.90. The molecular weight excluding hydrogens is 300 g/mol. The second kappa shape index (κ2) is 6.98. The average molecular weight is 327 g/mol. The molecule has 1 amide bonds. The van der Waals surface area contributed by atoms with Crippen molar-refractivity contribution in [1.82, 2.24) is 4.90 Å². The molecule has 2 aliphatic carbocycles. The summed E-state index contributed by atoms with van der Waals surface area (Å²) in [5.41, 5.74) is 0. The molecule has 3 aliphatic rings. The van der Waals surface area contributed by atoms with Gasteiger partial charge in [-0.05, 0) is 36.8 Å². The lowest BCUT2D eigenvalue weighted by Crippen LogP contribution is -3.15. The van der Waals surface area contributed by atoms with Gasteiger partial charge in [-0.15, -0.1) is 0 Å². The van der Waals surface area contributed by atoms with Gasteiger partial charge in [-0.1, -0.05) is 30.4 Å². The van der Waals surface area contributed by atoms with Gasteiger partial charge in [-0.25, -0.2) is 0 Å². The summed E-state index contributed by atoms with van der Waals surface area (Å²) in [4.78, 5) is 15.9. The topological polar surface area (TPSA) is 34.0 Å². The number of nitrogens with zero attached hydrogens (tertiary/aromatic N) is 1. The maximum Gasteiger partial charge on any atom is 0.260 e. The highest BCUT2D eigenvalue weighted by Gasteiger charge is 2.38. The highest BCUT2D eigenvalue weighted by Crippen LogP contribution is 2.42. The Labute approximate surface area is 144 Å². The molecule has 2 fully saturated rings. The Bertz CT molecular complexity index is 593. The van der Waals surface area contributed by atoms with Crippen LogP contribution in [-0.4, -0.2) is 50.1 Å². The Morgan fingerprint density at radius 2 is 1.92 bits per heavy atom. The first-order valence-electron chi connectivity index (χ1n) is 9.25. The van der Waals surface area contributed by atoms with Gasteiger partial charge in [0.15, 0.2) is 6.61 Å². The minimum absolute atomic E-state index is 0.112. The van der Waals surface area contributed by atoms with Gasteiger partial charge in [0.1, 0.15) is 5.75 Å². The van der Waals surface area contributed by atoms with Gasteiger partial charge < -0.3 is 14.5 Å². The zero-order valence-electron chi connectivity index (χ0n) is 14.2. The number of carbonyl (C=O) groups excluding carboxylic acids is 1. The monoisotopic (exact) mass is 327 g/mol. The molecule has 0 aromatic heterocycles. The van der Waals surface area contributed by atoms with Crippen LogP contribution in [0.3, 0.4) is 0 Å². The van der Waals surface area contributed by atoms with E-state index in [1.165, 1.54) is 19.4 Å². The van der Waals surface area contributed by atoms with Crippen molar-refractivity contribution in [3.8, 4) is 5.75 Å². The van der Waals surface area contributed by atoms with Crippen LogP contribution in [0.25, 0.3) is 0 Å². The maximum atomic E-state index is 12.3. The molecule has 0 spiro atoms. The van der Waals surface area contributed by atoms with Crippen molar-refractivity contribution >= 4 is 5.91 Å². The van der Waals surface area contributed by atoms with E-state index < -0.39 is 0 Å². The molecule has 1 aromatic rings. The zero-order chi connectivity index (χ0) is 16.4. The molecule has 4 nitrogen and oxygen atoms in total. The standard InChI is InChI=1S/C20H26N2O2/c23-20(15-24-19-4-2-1-3-5-19)22-10-8-21(9-11-22)14-18-13-16-6-7-17(18)12-16/h1-7,16-18H,8-15H2/p+1. The van der Waals surface area contributed by atoms with E-state index >= 15 is 0 Å². The predicted molar refractivity (Wildman–Crippen MR) is 92.9 cm³/mol. The normalized spacial score (nSPS) is 29.2. The van der Waals surface area contributed by atoms with Crippen LogP contribution in [0.15, 0.2) is 42.5 Å². The number of amides is 1. The molecule has 3 atom stereocenters. The van der Waals surface area contributed by atoms with Crippen LogP contribution in [0.2, 0.25) is 0 Å². The van der Waals surface area contributed by atoms with Gasteiger partial charge in [-0.2, -0.15) is 0 Å². The Morgan fingerprint density at radius 1 is 1.12 bits per heavy atom.